The van der Waals surface area contributed by atoms with Gasteiger partial charge in [-0.15, -0.1) is 11.6 Å². The van der Waals surface area contributed by atoms with Gasteiger partial charge in [0.1, 0.15) is 47.7 Å². The molecule has 5 aliphatic rings. The van der Waals surface area contributed by atoms with E-state index < -0.39 is 95.1 Å². The molecule has 0 aliphatic carbocycles. The minimum Gasteiger partial charge on any atom is -0.387 e. The number of rotatable bonds is 2. The number of fused-ring (bicyclic) bond motifs is 5. The number of ether oxygens (including phenoxy) is 2. The highest BCUT2D eigenvalue weighted by atomic mass is 35.5. The molecule has 0 saturated carbocycles. The second-order valence-electron chi connectivity index (χ2n) is 10.2. The molecule has 1 amide bonds. The van der Waals surface area contributed by atoms with Gasteiger partial charge in [-0.3, -0.25) is 48.1 Å². The van der Waals surface area contributed by atoms with Crippen LogP contribution in [0.3, 0.4) is 0 Å². The molecular weight excluding hydrogens is 670 g/mol. The molecular formula is C20H23ClN10O12P2. The van der Waals surface area contributed by atoms with Crippen molar-refractivity contribution in [2.45, 2.75) is 54.4 Å². The van der Waals surface area contributed by atoms with E-state index in [1.165, 1.54) is 17.2 Å². The van der Waals surface area contributed by atoms with Gasteiger partial charge >= 0.3 is 15.6 Å². The van der Waals surface area contributed by atoms with Crippen LogP contribution in [-0.2, 0) is 41.5 Å². The first-order chi connectivity index (χ1) is 21.3. The van der Waals surface area contributed by atoms with Gasteiger partial charge in [0.15, 0.2) is 35.8 Å². The summed E-state index contributed by atoms with van der Waals surface area (Å²) in [6.07, 6.45) is -6.77. The summed E-state index contributed by atoms with van der Waals surface area (Å²) >= 11 is 6.64. The Labute approximate surface area is 255 Å². The number of aliphatic imine (C=N–C) groups is 2. The SMILES string of the molecule is N=C1N=C2C(N=CN2[C@@H]2O[C@@H]3COP(=O)(O)O[C@H]4[C@H](Cl)[C@H](n5cnc6c(N)ncnc65)O[C@@H]4COP(=O)(O)O[C@@H]2[C@@H]3O)C(=O)N1. The number of aliphatic hydroxyl groups is 1. The van der Waals surface area contributed by atoms with E-state index in [-0.39, 0.29) is 22.8 Å². The van der Waals surface area contributed by atoms with Crippen molar-refractivity contribution in [1.82, 2.24) is 29.7 Å². The van der Waals surface area contributed by atoms with Gasteiger partial charge in [0.25, 0.3) is 5.91 Å². The third kappa shape index (κ3) is 5.45. The number of nitrogens with zero attached hydrogens (tertiary/aromatic N) is 7. The number of phosphoric acid groups is 2. The summed E-state index contributed by atoms with van der Waals surface area (Å²) in [5.41, 5.74) is 6.30. The number of amides is 1. The van der Waals surface area contributed by atoms with Crippen molar-refractivity contribution < 1.29 is 56.4 Å². The van der Waals surface area contributed by atoms with E-state index in [0.29, 0.717) is 0 Å². The maximum absolute atomic E-state index is 13.2. The van der Waals surface area contributed by atoms with Crippen LogP contribution < -0.4 is 11.1 Å². The molecule has 2 bridgehead atoms. The van der Waals surface area contributed by atoms with Crippen LogP contribution in [0.25, 0.3) is 11.2 Å². The first-order valence-corrected chi connectivity index (χ1v) is 16.4. The second kappa shape index (κ2) is 11.1. The number of nitrogen functional groups attached to an aromatic ring is 1. The lowest BCUT2D eigenvalue weighted by Gasteiger charge is -2.31. The number of nitrogens with one attached hydrogen (secondary N) is 2. The molecule has 242 valence electrons. The van der Waals surface area contributed by atoms with E-state index >= 15 is 0 Å². The molecule has 3 saturated heterocycles. The molecule has 7 heterocycles. The highest BCUT2D eigenvalue weighted by Crippen LogP contribution is 2.53. The number of hydrogen-bond donors (Lipinski definition) is 6. The van der Waals surface area contributed by atoms with E-state index in [1.807, 2.05) is 0 Å². The summed E-state index contributed by atoms with van der Waals surface area (Å²) in [4.78, 5) is 54.8. The maximum Gasteiger partial charge on any atom is 0.472 e. The molecule has 2 aromatic heterocycles. The number of aromatic nitrogens is 4. The molecule has 25 heteroatoms. The van der Waals surface area contributed by atoms with Crippen molar-refractivity contribution in [1.29, 1.82) is 5.41 Å². The molecule has 45 heavy (non-hydrogen) atoms. The molecule has 22 nitrogen and oxygen atoms in total. The maximum atomic E-state index is 13.2. The van der Waals surface area contributed by atoms with Crippen LogP contribution in [-0.4, -0.2) is 125 Å². The summed E-state index contributed by atoms with van der Waals surface area (Å²) in [7, 11) is -10.1. The number of carbonyl (C=O) groups is 1. The lowest BCUT2D eigenvalue weighted by Crippen LogP contribution is -2.53. The van der Waals surface area contributed by atoms with Gasteiger partial charge in [0.05, 0.1) is 25.9 Å². The summed E-state index contributed by atoms with van der Waals surface area (Å²) in [6.45, 7) is -1.55. The van der Waals surface area contributed by atoms with Crippen molar-refractivity contribution >= 4 is 68.3 Å². The fourth-order valence-electron chi connectivity index (χ4n) is 5.36. The number of hydrogen-bond acceptors (Lipinski definition) is 17. The van der Waals surface area contributed by atoms with Crippen molar-refractivity contribution in [3.8, 4) is 0 Å². The minimum atomic E-state index is -5.08. The van der Waals surface area contributed by atoms with Gasteiger partial charge in [-0.05, 0) is 0 Å². The Morgan fingerprint density at radius 2 is 1.73 bits per heavy atom. The molecule has 3 fully saturated rings. The Morgan fingerprint density at radius 1 is 1.04 bits per heavy atom. The Hall–Kier alpha value is -2.98. The predicted octanol–water partition coefficient (Wildman–Crippen LogP) is -1.81. The zero-order valence-electron chi connectivity index (χ0n) is 22.3. The van der Waals surface area contributed by atoms with E-state index in [4.69, 9.17) is 50.3 Å². The number of halogens is 1. The third-order valence-corrected chi connectivity index (χ3v) is 9.83. The number of alkyl halides is 1. The van der Waals surface area contributed by atoms with Crippen LogP contribution in [0.4, 0.5) is 5.82 Å². The van der Waals surface area contributed by atoms with Crippen LogP contribution in [0.5, 0.6) is 0 Å². The van der Waals surface area contributed by atoms with Gasteiger partial charge in [-0.2, -0.15) is 4.99 Å². The normalized spacial score (nSPS) is 42.0. The van der Waals surface area contributed by atoms with Gasteiger partial charge in [0.2, 0.25) is 5.96 Å². The number of amidine groups is 1. The smallest absolute Gasteiger partial charge is 0.387 e. The highest BCUT2D eigenvalue weighted by Gasteiger charge is 2.56. The Morgan fingerprint density at radius 3 is 2.49 bits per heavy atom. The number of imidazole rings is 1. The molecule has 0 aromatic carbocycles. The number of anilines is 1. The quantitative estimate of drug-likeness (QED) is 0.149. The number of nitrogens with two attached hydrogens (primary N) is 1. The molecule has 3 unspecified atom stereocenters. The van der Waals surface area contributed by atoms with Crippen molar-refractivity contribution in [2.24, 2.45) is 9.98 Å². The Balaban J connectivity index is 1.17. The molecule has 7 N–H and O–H groups in total. The Bertz CT molecular complexity index is 1730. The van der Waals surface area contributed by atoms with Crippen molar-refractivity contribution in [3.63, 3.8) is 0 Å². The summed E-state index contributed by atoms with van der Waals surface area (Å²) in [5, 5.41) is 19.7. The van der Waals surface area contributed by atoms with Crippen molar-refractivity contribution in [3.05, 3.63) is 12.7 Å². The van der Waals surface area contributed by atoms with Gasteiger partial charge in [-0.1, -0.05) is 0 Å². The molecule has 7 rings (SSSR count). The Kier molecular flexibility index (Phi) is 7.55. The van der Waals surface area contributed by atoms with Gasteiger partial charge < -0.3 is 30.1 Å². The monoisotopic (exact) mass is 692 g/mol. The topological polar surface area (TPSA) is 301 Å². The summed E-state index contributed by atoms with van der Waals surface area (Å²) in [6, 6.07) is -1.17. The van der Waals surface area contributed by atoms with Crippen LogP contribution in [0.1, 0.15) is 6.23 Å². The van der Waals surface area contributed by atoms with E-state index in [1.54, 1.807) is 0 Å². The van der Waals surface area contributed by atoms with Crippen LogP contribution in [0.2, 0.25) is 0 Å². The van der Waals surface area contributed by atoms with E-state index in [2.05, 4.69) is 30.3 Å². The lowest BCUT2D eigenvalue weighted by molar-refractivity contribution is -0.119. The van der Waals surface area contributed by atoms with Crippen LogP contribution in [0.15, 0.2) is 22.6 Å². The first kappa shape index (κ1) is 30.7. The summed E-state index contributed by atoms with van der Waals surface area (Å²) < 4.78 is 60.5. The molecule has 0 radical (unpaired) electrons. The van der Waals surface area contributed by atoms with E-state index in [9.17, 15) is 28.8 Å². The van der Waals surface area contributed by atoms with Crippen molar-refractivity contribution in [2.75, 3.05) is 18.9 Å². The average molecular weight is 693 g/mol. The second-order valence-corrected chi connectivity index (χ2v) is 13.5. The molecule has 2 aromatic rings. The largest absolute Gasteiger partial charge is 0.472 e. The molecule has 5 aliphatic heterocycles. The fourth-order valence-corrected chi connectivity index (χ4v) is 7.73. The minimum absolute atomic E-state index is 0.0711. The van der Waals surface area contributed by atoms with Gasteiger partial charge in [0, 0.05) is 0 Å². The number of carbonyl (C=O) groups excluding carboxylic acids is 1. The zero-order valence-corrected chi connectivity index (χ0v) is 24.9. The molecule has 11 atom stereocenters. The number of guanidine groups is 1. The first-order valence-electron chi connectivity index (χ1n) is 13.0. The number of aliphatic hydroxyl groups excluding tert-OH is 1. The molecule has 0 spiro atoms. The van der Waals surface area contributed by atoms with Gasteiger partial charge in [-0.25, -0.2) is 24.1 Å². The fraction of sp³-hybridized carbons (Fsp3) is 0.550. The standard InChI is InChI=1S/C20H23ClN10O12P2/c21-8-12-7(41-18(8)30-4-26-9-14(22)24-3-25-15(9)30)2-39-45(36,37)43-13-11(32)6(1-38-44(34,35)42-12)40-19(13)31-5-27-10-16(31)28-20(23)29-17(10)33/h3-8,10-13,18-19,32H,1-2H2,(H,34,35)(H,36,37)(H2,22,24,25)(H2,23,29,33)/t6-,7-,8+,10?,11-,12-,13-,18-,19-/m1/s1. The lowest BCUT2D eigenvalue weighted by atomic mass is 10.1. The summed E-state index contributed by atoms with van der Waals surface area (Å²) in [5.74, 6) is -1.20. The number of phosphoric ester groups is 2. The van der Waals surface area contributed by atoms with Crippen LogP contribution >= 0.6 is 27.2 Å². The predicted molar refractivity (Wildman–Crippen MR) is 147 cm³/mol. The third-order valence-electron chi connectivity index (χ3n) is 7.39. The zero-order chi connectivity index (χ0) is 31.8. The average Bonchev–Trinajstić information content (AvgIpc) is 3.72. The van der Waals surface area contributed by atoms with Crippen LogP contribution in [0, 0.1) is 5.41 Å². The highest BCUT2D eigenvalue weighted by molar-refractivity contribution is 7.47. The van der Waals surface area contributed by atoms with E-state index in [0.717, 1.165) is 11.2 Å².